The average Bonchev–Trinajstić information content (AvgIpc) is 3.75. The van der Waals surface area contributed by atoms with Crippen molar-refractivity contribution in [2.24, 2.45) is 11.1 Å². The maximum Gasteiger partial charge on any atom is 0.398 e. The minimum absolute atomic E-state index is 0.00863. The Hall–Kier alpha value is -3.72. The van der Waals surface area contributed by atoms with E-state index in [9.17, 15) is 22.9 Å². The summed E-state index contributed by atoms with van der Waals surface area (Å²) >= 11 is 6.63. The van der Waals surface area contributed by atoms with Gasteiger partial charge in [-0.2, -0.15) is 18.3 Å². The summed E-state index contributed by atoms with van der Waals surface area (Å²) in [4.78, 5) is 24.9. The number of hydrogen-bond acceptors (Lipinski definition) is 4. The van der Waals surface area contributed by atoms with Gasteiger partial charge in [0.1, 0.15) is 0 Å². The van der Waals surface area contributed by atoms with Crippen molar-refractivity contribution in [2.45, 2.75) is 69.9 Å². The molecule has 0 spiro atoms. The molecule has 1 aromatic heterocycles. The molecule has 10 heteroatoms. The van der Waals surface area contributed by atoms with Gasteiger partial charge in [0.25, 0.3) is 0 Å². The normalized spacial score (nSPS) is 17.7. The van der Waals surface area contributed by atoms with E-state index in [0.717, 1.165) is 42.8 Å². The fourth-order valence-electron chi connectivity index (χ4n) is 6.04. The van der Waals surface area contributed by atoms with E-state index in [1.807, 2.05) is 7.05 Å². The fourth-order valence-corrected chi connectivity index (χ4v) is 6.32. The van der Waals surface area contributed by atoms with Crippen LogP contribution in [0.2, 0.25) is 5.02 Å². The van der Waals surface area contributed by atoms with E-state index in [4.69, 9.17) is 16.7 Å². The molecule has 4 rings (SSSR count). The third-order valence-electron chi connectivity index (χ3n) is 8.77. The van der Waals surface area contributed by atoms with E-state index in [1.165, 1.54) is 24.3 Å². The summed E-state index contributed by atoms with van der Waals surface area (Å²) in [5.74, 6) is -0.800. The number of amides is 1. The highest BCUT2D eigenvalue weighted by atomic mass is 35.5. The maximum atomic E-state index is 14.3. The number of nitroso groups, excluding NO2 is 1. The summed E-state index contributed by atoms with van der Waals surface area (Å²) in [6, 6.07) is 4.62. The number of fused-ring (bicyclic) bond motifs is 1. The van der Waals surface area contributed by atoms with Gasteiger partial charge >= 0.3 is 12.1 Å². The first-order chi connectivity index (χ1) is 20.9. The van der Waals surface area contributed by atoms with Crippen LogP contribution in [0.3, 0.4) is 0 Å². The van der Waals surface area contributed by atoms with E-state index < -0.39 is 17.5 Å². The molecule has 0 saturated heterocycles. The Bertz CT molecular complexity index is 1530. The number of nitrogens with zero attached hydrogens (tertiary/aromatic N) is 4. The van der Waals surface area contributed by atoms with Gasteiger partial charge in [-0.1, -0.05) is 75.0 Å². The minimum Gasteiger partial charge on any atom is -0.378 e. The molecule has 0 aliphatic heterocycles. The average molecular weight is 627 g/mol. The number of halogens is 4. The summed E-state index contributed by atoms with van der Waals surface area (Å²) in [7, 11) is 2.03. The van der Waals surface area contributed by atoms with Crippen molar-refractivity contribution in [2.75, 3.05) is 13.6 Å². The van der Waals surface area contributed by atoms with Crippen LogP contribution in [-0.2, 0) is 29.5 Å². The molecule has 1 unspecified atom stereocenters. The minimum atomic E-state index is -4.43. The lowest BCUT2D eigenvalue weighted by atomic mass is 9.84. The first-order valence-corrected chi connectivity index (χ1v) is 15.2. The zero-order valence-corrected chi connectivity index (χ0v) is 26.0. The molecule has 1 amide bonds. The van der Waals surface area contributed by atoms with Gasteiger partial charge in [0, 0.05) is 53.6 Å². The Balaban J connectivity index is 1.77. The molecule has 0 radical (unpaired) electrons. The summed E-state index contributed by atoms with van der Waals surface area (Å²) in [6.45, 7) is 15.2. The zero-order valence-electron chi connectivity index (χ0n) is 25.2. The van der Waals surface area contributed by atoms with Crippen LogP contribution in [-0.4, -0.2) is 40.4 Å². The molecule has 1 aromatic carbocycles. The van der Waals surface area contributed by atoms with Crippen molar-refractivity contribution in [3.63, 3.8) is 0 Å². The van der Waals surface area contributed by atoms with Crippen molar-refractivity contribution in [3.05, 3.63) is 112 Å². The van der Waals surface area contributed by atoms with E-state index in [-0.39, 0.29) is 46.2 Å². The lowest BCUT2D eigenvalue weighted by Crippen LogP contribution is -2.30. The van der Waals surface area contributed by atoms with Crippen molar-refractivity contribution in [1.82, 2.24) is 14.7 Å². The molecule has 44 heavy (non-hydrogen) atoms. The third kappa shape index (κ3) is 6.53. The number of carbonyl (C=O) groups excluding carboxylic acids is 1. The number of allylic oxidation sites excluding steroid dienone is 4. The van der Waals surface area contributed by atoms with Crippen molar-refractivity contribution < 1.29 is 18.0 Å². The number of rotatable bonds is 13. The molecule has 1 fully saturated rings. The summed E-state index contributed by atoms with van der Waals surface area (Å²) in [5, 5.41) is 7.56. The lowest BCUT2D eigenvalue weighted by Gasteiger charge is -2.32. The molecule has 0 N–H and O–H groups in total. The van der Waals surface area contributed by atoms with Crippen LogP contribution >= 0.6 is 11.6 Å². The van der Waals surface area contributed by atoms with Crippen LogP contribution in [0, 0.1) is 10.8 Å². The third-order valence-corrected chi connectivity index (χ3v) is 9.08. The van der Waals surface area contributed by atoms with Crippen molar-refractivity contribution in [3.8, 4) is 0 Å². The number of aromatic nitrogens is 2. The molecule has 2 aromatic rings. The monoisotopic (exact) mass is 626 g/mol. The van der Waals surface area contributed by atoms with Gasteiger partial charge in [-0.15, -0.1) is 4.91 Å². The van der Waals surface area contributed by atoms with E-state index >= 15 is 0 Å². The quantitative estimate of drug-likeness (QED) is 0.127. The predicted molar refractivity (Wildman–Crippen MR) is 169 cm³/mol. The molecule has 0 bridgehead atoms. The molecule has 1 saturated carbocycles. The number of carbonyl (C=O) groups is 1. The maximum absolute atomic E-state index is 14.3. The molecular weight excluding hydrogens is 589 g/mol. The second-order valence-corrected chi connectivity index (χ2v) is 11.9. The Labute approximate surface area is 261 Å². The molecule has 234 valence electrons. The van der Waals surface area contributed by atoms with Crippen LogP contribution in [0.5, 0.6) is 0 Å². The van der Waals surface area contributed by atoms with Crippen molar-refractivity contribution >= 4 is 23.2 Å². The Morgan fingerprint density at radius 1 is 1.30 bits per heavy atom. The predicted octanol–water partition coefficient (Wildman–Crippen LogP) is 8.50. The van der Waals surface area contributed by atoms with Crippen molar-refractivity contribution in [1.29, 1.82) is 0 Å². The van der Waals surface area contributed by atoms with Crippen LogP contribution < -0.4 is 0 Å². The van der Waals surface area contributed by atoms with Crippen LogP contribution in [0.4, 0.5) is 13.2 Å². The summed E-state index contributed by atoms with van der Waals surface area (Å²) in [6.07, 6.45) is 6.07. The van der Waals surface area contributed by atoms with Crippen LogP contribution in [0.1, 0.15) is 67.1 Å². The second-order valence-electron chi connectivity index (χ2n) is 11.5. The zero-order chi connectivity index (χ0) is 32.2. The standard InChI is InChI=1S/C34H38ClF3N4O2/c1-6-8-20-41(5)22(3)25-16-17-26-29(15-9-12-24(11-7-2)32(43)40-44)39-42(30(26)21-25)23(4)31-27(13-10-14-28(31)35)33(18-19-33)34(36,37)38/h7,9-14,25H,2-4,6,8,15-21H2,1,5H3/b12-9-,24-11+. The van der Waals surface area contributed by atoms with Gasteiger partial charge in [-0.05, 0) is 61.8 Å². The van der Waals surface area contributed by atoms with Crippen LogP contribution in [0.15, 0.2) is 78.7 Å². The van der Waals surface area contributed by atoms with Gasteiger partial charge in [0.05, 0.1) is 21.8 Å². The first kappa shape index (κ1) is 33.2. The highest BCUT2D eigenvalue weighted by Gasteiger charge is 2.65. The number of hydrogen-bond donors (Lipinski definition) is 0. The van der Waals surface area contributed by atoms with Gasteiger partial charge in [0.15, 0.2) is 0 Å². The topological polar surface area (TPSA) is 67.6 Å². The first-order valence-electron chi connectivity index (χ1n) is 14.8. The Morgan fingerprint density at radius 2 is 2.02 bits per heavy atom. The van der Waals surface area contributed by atoms with Gasteiger partial charge in [-0.25, -0.2) is 4.68 Å². The lowest BCUT2D eigenvalue weighted by molar-refractivity contribution is -0.160. The molecule has 1 heterocycles. The molecular formula is C34H38ClF3N4O2. The Morgan fingerprint density at radius 3 is 2.64 bits per heavy atom. The number of benzene rings is 1. The smallest absolute Gasteiger partial charge is 0.378 e. The van der Waals surface area contributed by atoms with E-state index in [1.54, 1.807) is 22.9 Å². The fraction of sp³-hybridized carbons (Fsp3) is 0.412. The molecule has 1 atom stereocenters. The highest BCUT2D eigenvalue weighted by molar-refractivity contribution is 6.32. The molecule has 6 nitrogen and oxygen atoms in total. The summed E-state index contributed by atoms with van der Waals surface area (Å²) in [5.41, 5.74) is 2.32. The number of alkyl halides is 3. The summed E-state index contributed by atoms with van der Waals surface area (Å²) < 4.78 is 44.6. The van der Waals surface area contributed by atoms with E-state index in [2.05, 4.69) is 36.7 Å². The Kier molecular flexibility index (Phi) is 10.2. The molecule has 2 aliphatic carbocycles. The van der Waals surface area contributed by atoms with Crippen LogP contribution in [0.25, 0.3) is 5.70 Å². The van der Waals surface area contributed by atoms with E-state index in [0.29, 0.717) is 25.0 Å². The largest absolute Gasteiger partial charge is 0.398 e. The van der Waals surface area contributed by atoms with Gasteiger partial charge < -0.3 is 4.90 Å². The SMILES string of the molecule is C=C/C=C(\C=C/Cc1nn(C(=C)c2c(Cl)cccc2C2(C(F)(F)F)CC2)c2c1CCC(C(=C)N(C)CCCC)C2)C(=O)N=O. The number of unbranched alkanes of at least 4 members (excludes halogenated alkanes) is 1. The second kappa shape index (κ2) is 13.5. The van der Waals surface area contributed by atoms with Gasteiger partial charge in [0.2, 0.25) is 0 Å². The highest BCUT2D eigenvalue weighted by Crippen LogP contribution is 2.60. The molecule has 2 aliphatic rings. The van der Waals surface area contributed by atoms with Gasteiger partial charge in [-0.3, -0.25) is 4.79 Å².